The molecular weight excluding hydrogens is 346 g/mol. The molecule has 0 aliphatic carbocycles. The van der Waals surface area contributed by atoms with Crippen LogP contribution in [0.2, 0.25) is 0 Å². The Morgan fingerprint density at radius 3 is 2.96 bits per heavy atom. The lowest BCUT2D eigenvalue weighted by atomic mass is 9.94. The largest absolute Gasteiger partial charge is 0.337 e. The van der Waals surface area contributed by atoms with E-state index in [1.807, 2.05) is 53.2 Å². The third-order valence-electron chi connectivity index (χ3n) is 4.77. The zero-order valence-corrected chi connectivity index (χ0v) is 15.7. The van der Waals surface area contributed by atoms with E-state index >= 15 is 0 Å². The number of nitrogens with zero attached hydrogens (tertiary/aromatic N) is 5. The van der Waals surface area contributed by atoms with Gasteiger partial charge in [-0.1, -0.05) is 6.07 Å². The van der Waals surface area contributed by atoms with Crippen molar-refractivity contribution in [3.8, 4) is 11.5 Å². The van der Waals surface area contributed by atoms with Crippen molar-refractivity contribution in [3.63, 3.8) is 0 Å². The van der Waals surface area contributed by atoms with E-state index in [-0.39, 0.29) is 11.8 Å². The van der Waals surface area contributed by atoms with Crippen molar-refractivity contribution in [2.75, 3.05) is 13.1 Å². The number of piperidine rings is 1. The zero-order valence-electron chi connectivity index (χ0n) is 14.9. The smallest absolute Gasteiger partial charge is 0.263 e. The number of imidazole rings is 1. The third-order valence-corrected chi connectivity index (χ3v) is 5.62. The Kier molecular flexibility index (Phi) is 4.55. The minimum Gasteiger partial charge on any atom is -0.337 e. The van der Waals surface area contributed by atoms with Crippen LogP contribution in [0.1, 0.15) is 39.9 Å². The van der Waals surface area contributed by atoms with Gasteiger partial charge in [0.2, 0.25) is 0 Å². The number of carbonyl (C=O) groups is 1. The molecule has 4 heterocycles. The molecule has 1 fully saturated rings. The molecule has 0 saturated carbocycles. The van der Waals surface area contributed by atoms with Gasteiger partial charge >= 0.3 is 0 Å². The molecule has 3 aromatic rings. The highest BCUT2D eigenvalue weighted by molar-refractivity contribution is 7.12. The number of carbonyl (C=O) groups excluding carboxylic acids is 1. The first-order valence-corrected chi connectivity index (χ1v) is 9.66. The second-order valence-corrected chi connectivity index (χ2v) is 7.60. The van der Waals surface area contributed by atoms with E-state index < -0.39 is 0 Å². The maximum absolute atomic E-state index is 12.7. The molecule has 1 saturated heterocycles. The summed E-state index contributed by atoms with van der Waals surface area (Å²) in [6.45, 7) is 3.42. The SMILES string of the molecule is Cc1nc(-c2nccn2C)cc([C@@H]2CCCN(C(=O)c3cccs3)C2)n1. The lowest BCUT2D eigenvalue weighted by molar-refractivity contribution is 0.0711. The maximum atomic E-state index is 12.7. The van der Waals surface area contributed by atoms with E-state index in [0.29, 0.717) is 6.54 Å². The van der Waals surface area contributed by atoms with Crippen molar-refractivity contribution in [1.82, 2.24) is 24.4 Å². The predicted octanol–water partition coefficient (Wildman–Crippen LogP) is 3.27. The fraction of sp³-hybridized carbons (Fsp3) is 0.368. The highest BCUT2D eigenvalue weighted by Gasteiger charge is 2.27. The first kappa shape index (κ1) is 16.9. The van der Waals surface area contributed by atoms with Gasteiger partial charge < -0.3 is 9.47 Å². The molecule has 0 bridgehead atoms. The van der Waals surface area contributed by atoms with Crippen LogP contribution in [0, 0.1) is 6.92 Å². The van der Waals surface area contributed by atoms with Crippen LogP contribution in [-0.2, 0) is 7.05 Å². The van der Waals surface area contributed by atoms with Gasteiger partial charge in [-0.2, -0.15) is 0 Å². The Morgan fingerprint density at radius 1 is 1.35 bits per heavy atom. The number of hydrogen-bond donors (Lipinski definition) is 0. The molecule has 0 radical (unpaired) electrons. The number of thiophene rings is 1. The lowest BCUT2D eigenvalue weighted by Crippen LogP contribution is -2.39. The monoisotopic (exact) mass is 367 g/mol. The first-order valence-electron chi connectivity index (χ1n) is 8.78. The van der Waals surface area contributed by atoms with Gasteiger partial charge in [-0.3, -0.25) is 4.79 Å². The molecule has 0 unspecified atom stereocenters. The van der Waals surface area contributed by atoms with Gasteiger partial charge in [0.15, 0.2) is 5.82 Å². The number of amides is 1. The Labute approximate surface area is 156 Å². The van der Waals surface area contributed by atoms with E-state index in [2.05, 4.69) is 15.0 Å². The van der Waals surface area contributed by atoms with Crippen LogP contribution in [0.4, 0.5) is 0 Å². The predicted molar refractivity (Wildman–Crippen MR) is 101 cm³/mol. The number of aryl methyl sites for hydroxylation is 2. The number of rotatable bonds is 3. The molecule has 1 amide bonds. The van der Waals surface area contributed by atoms with Crippen molar-refractivity contribution in [2.24, 2.45) is 7.05 Å². The second kappa shape index (κ2) is 6.99. The summed E-state index contributed by atoms with van der Waals surface area (Å²) in [5.41, 5.74) is 1.83. The summed E-state index contributed by atoms with van der Waals surface area (Å²) in [6, 6.07) is 5.84. The van der Waals surface area contributed by atoms with Gasteiger partial charge in [-0.25, -0.2) is 15.0 Å². The molecule has 26 heavy (non-hydrogen) atoms. The molecule has 6 nitrogen and oxygen atoms in total. The fourth-order valence-corrected chi connectivity index (χ4v) is 4.18. The summed E-state index contributed by atoms with van der Waals surface area (Å²) in [6.07, 6.45) is 5.70. The summed E-state index contributed by atoms with van der Waals surface area (Å²) in [7, 11) is 1.96. The van der Waals surface area contributed by atoms with Gasteiger partial charge in [0.1, 0.15) is 11.5 Å². The van der Waals surface area contributed by atoms with Crippen molar-refractivity contribution in [3.05, 3.63) is 52.4 Å². The Bertz CT molecular complexity index is 918. The average Bonchev–Trinajstić information content (AvgIpc) is 3.32. The number of likely N-dealkylation sites (tertiary alicyclic amines) is 1. The first-order chi connectivity index (χ1) is 12.6. The van der Waals surface area contributed by atoms with Crippen LogP contribution in [-0.4, -0.2) is 43.4 Å². The standard InChI is InChI=1S/C19H21N5OS/c1-13-21-15(11-16(22-13)18-20-7-9-23(18)2)14-5-3-8-24(12-14)19(25)17-6-4-10-26-17/h4,6-7,9-11,14H,3,5,8,12H2,1-2H3/t14-/m1/s1. The summed E-state index contributed by atoms with van der Waals surface area (Å²) in [5, 5.41) is 1.95. The van der Waals surface area contributed by atoms with Crippen molar-refractivity contribution >= 4 is 17.2 Å². The van der Waals surface area contributed by atoms with Gasteiger partial charge in [-0.15, -0.1) is 11.3 Å². The highest BCUT2D eigenvalue weighted by atomic mass is 32.1. The molecule has 1 aliphatic heterocycles. The molecule has 3 aromatic heterocycles. The van der Waals surface area contributed by atoms with Crippen molar-refractivity contribution in [2.45, 2.75) is 25.7 Å². The minimum atomic E-state index is 0.125. The van der Waals surface area contributed by atoms with Crippen LogP contribution >= 0.6 is 11.3 Å². The van der Waals surface area contributed by atoms with Crippen LogP contribution in [0.25, 0.3) is 11.5 Å². The number of aromatic nitrogens is 4. The third kappa shape index (κ3) is 3.26. The minimum absolute atomic E-state index is 0.125. The van der Waals surface area contributed by atoms with E-state index in [1.165, 1.54) is 11.3 Å². The Hall–Kier alpha value is -2.54. The van der Waals surface area contributed by atoms with Crippen LogP contribution in [0.5, 0.6) is 0 Å². The molecule has 0 N–H and O–H groups in total. The lowest BCUT2D eigenvalue weighted by Gasteiger charge is -2.32. The van der Waals surface area contributed by atoms with Crippen LogP contribution < -0.4 is 0 Å². The molecule has 0 spiro atoms. The van der Waals surface area contributed by atoms with Crippen LogP contribution in [0.3, 0.4) is 0 Å². The van der Waals surface area contributed by atoms with Gasteiger partial charge in [0.25, 0.3) is 5.91 Å². The van der Waals surface area contributed by atoms with Crippen LogP contribution in [0.15, 0.2) is 36.0 Å². The molecule has 1 atom stereocenters. The van der Waals surface area contributed by atoms with Crippen molar-refractivity contribution < 1.29 is 4.79 Å². The summed E-state index contributed by atoms with van der Waals surface area (Å²) in [4.78, 5) is 29.1. The van der Waals surface area contributed by atoms with Gasteiger partial charge in [0.05, 0.1) is 4.88 Å². The Morgan fingerprint density at radius 2 is 2.23 bits per heavy atom. The Balaban J connectivity index is 1.60. The van der Waals surface area contributed by atoms with E-state index in [4.69, 9.17) is 0 Å². The second-order valence-electron chi connectivity index (χ2n) is 6.65. The quantitative estimate of drug-likeness (QED) is 0.713. The summed E-state index contributed by atoms with van der Waals surface area (Å²) >= 11 is 1.50. The van der Waals surface area contributed by atoms with E-state index in [1.54, 1.807) is 6.20 Å². The molecule has 1 aliphatic rings. The molecule has 134 valence electrons. The topological polar surface area (TPSA) is 63.9 Å². The van der Waals surface area contributed by atoms with Gasteiger partial charge in [-0.05, 0) is 37.3 Å². The fourth-order valence-electron chi connectivity index (χ4n) is 3.49. The zero-order chi connectivity index (χ0) is 18.1. The summed E-state index contributed by atoms with van der Waals surface area (Å²) < 4.78 is 1.96. The molecule has 0 aromatic carbocycles. The molecule has 4 rings (SSSR count). The average molecular weight is 367 g/mol. The normalized spacial score (nSPS) is 17.5. The van der Waals surface area contributed by atoms with Gasteiger partial charge in [0, 0.05) is 44.1 Å². The summed E-state index contributed by atoms with van der Waals surface area (Å²) in [5.74, 6) is 1.93. The van der Waals surface area contributed by atoms with E-state index in [0.717, 1.165) is 47.3 Å². The van der Waals surface area contributed by atoms with Crippen molar-refractivity contribution in [1.29, 1.82) is 0 Å². The highest BCUT2D eigenvalue weighted by Crippen LogP contribution is 2.29. The molecule has 7 heteroatoms. The van der Waals surface area contributed by atoms with E-state index in [9.17, 15) is 4.79 Å². The molecular formula is C19H21N5OS. The maximum Gasteiger partial charge on any atom is 0.263 e. The number of hydrogen-bond acceptors (Lipinski definition) is 5.